The highest BCUT2D eigenvalue weighted by molar-refractivity contribution is 9.10. The average molecular weight is 306 g/mol. The zero-order valence-corrected chi connectivity index (χ0v) is 11.5. The summed E-state index contributed by atoms with van der Waals surface area (Å²) in [5.41, 5.74) is 1.39. The first-order chi connectivity index (χ1) is 8.69. The molecule has 0 aliphatic rings. The fraction of sp³-hybridized carbons (Fsp3) is 0.143. The van der Waals surface area contributed by atoms with Gasteiger partial charge in [0.25, 0.3) is 0 Å². The van der Waals surface area contributed by atoms with Gasteiger partial charge in [-0.2, -0.15) is 0 Å². The lowest BCUT2D eigenvalue weighted by atomic mass is 10.1. The minimum atomic E-state index is 0.0312. The summed E-state index contributed by atoms with van der Waals surface area (Å²) in [6.07, 6.45) is 1.98. The predicted molar refractivity (Wildman–Crippen MR) is 73.0 cm³/mol. The number of halogens is 1. The van der Waals surface area contributed by atoms with Crippen LogP contribution in [0.1, 0.15) is 16.1 Å². The van der Waals surface area contributed by atoms with Crippen LogP contribution >= 0.6 is 15.9 Å². The number of ether oxygens (including phenoxy) is 1. The second-order valence-electron chi connectivity index (χ2n) is 3.80. The van der Waals surface area contributed by atoms with Crippen LogP contribution in [0.5, 0.6) is 5.75 Å². The third-order valence-corrected chi connectivity index (χ3v) is 2.99. The van der Waals surface area contributed by atoms with Crippen LogP contribution in [0.3, 0.4) is 0 Å². The Bertz CT molecular complexity index is 552. The molecule has 0 saturated heterocycles. The number of nitrogens with zero attached hydrogens (tertiary/aromatic N) is 1. The van der Waals surface area contributed by atoms with Crippen molar-refractivity contribution in [3.63, 3.8) is 0 Å². The van der Waals surface area contributed by atoms with Crippen molar-refractivity contribution in [3.05, 3.63) is 58.3 Å². The molecule has 0 unspecified atom stereocenters. The number of hydrogen-bond donors (Lipinski definition) is 0. The molecule has 4 heteroatoms. The summed E-state index contributed by atoms with van der Waals surface area (Å²) < 4.78 is 6.00. The summed E-state index contributed by atoms with van der Waals surface area (Å²) in [5.74, 6) is 0.716. The molecule has 0 amide bonds. The van der Waals surface area contributed by atoms with Gasteiger partial charge in [0, 0.05) is 21.9 Å². The van der Waals surface area contributed by atoms with Crippen LogP contribution in [-0.4, -0.2) is 17.9 Å². The summed E-state index contributed by atoms with van der Waals surface area (Å²) in [5, 5.41) is 0. The molecule has 0 saturated carbocycles. The molecule has 92 valence electrons. The molecule has 1 aromatic carbocycles. The summed E-state index contributed by atoms with van der Waals surface area (Å²) in [6.45, 7) is 0. The number of benzene rings is 1. The largest absolute Gasteiger partial charge is 0.497 e. The fourth-order valence-electron chi connectivity index (χ4n) is 1.57. The number of methoxy groups -OCH3 is 1. The maximum absolute atomic E-state index is 12.1. The highest BCUT2D eigenvalue weighted by Gasteiger charge is 2.08. The van der Waals surface area contributed by atoms with Crippen molar-refractivity contribution in [2.45, 2.75) is 6.42 Å². The van der Waals surface area contributed by atoms with Crippen LogP contribution in [0.15, 0.2) is 47.1 Å². The number of pyridine rings is 1. The van der Waals surface area contributed by atoms with E-state index in [0.717, 1.165) is 10.2 Å². The van der Waals surface area contributed by atoms with E-state index in [-0.39, 0.29) is 5.78 Å². The van der Waals surface area contributed by atoms with Gasteiger partial charge in [0.1, 0.15) is 5.75 Å². The molecule has 0 radical (unpaired) electrons. The van der Waals surface area contributed by atoms with Crippen molar-refractivity contribution in [1.29, 1.82) is 0 Å². The number of rotatable bonds is 4. The quantitative estimate of drug-likeness (QED) is 0.814. The SMILES string of the molecule is COc1cccc(C(=O)Cc2ccc(Br)cn2)c1. The Balaban J connectivity index is 2.14. The van der Waals surface area contributed by atoms with Gasteiger partial charge in [0.05, 0.1) is 13.5 Å². The number of hydrogen-bond acceptors (Lipinski definition) is 3. The van der Waals surface area contributed by atoms with E-state index in [2.05, 4.69) is 20.9 Å². The van der Waals surface area contributed by atoms with E-state index in [9.17, 15) is 4.79 Å². The Labute approximate surface area is 114 Å². The first kappa shape index (κ1) is 12.8. The van der Waals surface area contributed by atoms with Crippen molar-refractivity contribution in [2.75, 3.05) is 7.11 Å². The Morgan fingerprint density at radius 3 is 2.83 bits per heavy atom. The van der Waals surface area contributed by atoms with Gasteiger partial charge in [-0.3, -0.25) is 9.78 Å². The minimum absolute atomic E-state index is 0.0312. The van der Waals surface area contributed by atoms with E-state index in [1.54, 1.807) is 31.5 Å². The van der Waals surface area contributed by atoms with Crippen molar-refractivity contribution >= 4 is 21.7 Å². The lowest BCUT2D eigenvalue weighted by molar-refractivity contribution is 0.0991. The Hall–Kier alpha value is -1.68. The van der Waals surface area contributed by atoms with Gasteiger partial charge >= 0.3 is 0 Å². The molecule has 0 bridgehead atoms. The zero-order valence-electron chi connectivity index (χ0n) is 9.89. The number of aromatic nitrogens is 1. The lowest BCUT2D eigenvalue weighted by Crippen LogP contribution is -2.05. The number of carbonyl (C=O) groups is 1. The Morgan fingerprint density at radius 2 is 2.17 bits per heavy atom. The molecule has 0 aliphatic heterocycles. The summed E-state index contributed by atoms with van der Waals surface area (Å²) in [7, 11) is 1.58. The molecule has 2 rings (SSSR count). The van der Waals surface area contributed by atoms with Crippen LogP contribution in [-0.2, 0) is 6.42 Å². The second-order valence-corrected chi connectivity index (χ2v) is 4.72. The zero-order chi connectivity index (χ0) is 13.0. The highest BCUT2D eigenvalue weighted by atomic mass is 79.9. The van der Waals surface area contributed by atoms with Crippen LogP contribution in [0.4, 0.5) is 0 Å². The van der Waals surface area contributed by atoms with Gasteiger partial charge in [-0.15, -0.1) is 0 Å². The number of carbonyl (C=O) groups excluding carboxylic acids is 1. The highest BCUT2D eigenvalue weighted by Crippen LogP contribution is 2.15. The molecule has 2 aromatic rings. The third kappa shape index (κ3) is 3.17. The maximum atomic E-state index is 12.1. The Morgan fingerprint density at radius 1 is 1.33 bits per heavy atom. The van der Waals surface area contributed by atoms with E-state index in [0.29, 0.717) is 17.7 Å². The monoisotopic (exact) mass is 305 g/mol. The summed E-state index contributed by atoms with van der Waals surface area (Å²) >= 11 is 3.31. The van der Waals surface area contributed by atoms with Crippen molar-refractivity contribution in [2.24, 2.45) is 0 Å². The molecule has 0 spiro atoms. The van der Waals surface area contributed by atoms with Crippen molar-refractivity contribution in [1.82, 2.24) is 4.98 Å². The molecular formula is C14H12BrNO2. The first-order valence-corrected chi connectivity index (χ1v) is 6.26. The molecular weight excluding hydrogens is 294 g/mol. The van der Waals surface area contributed by atoms with Gasteiger partial charge < -0.3 is 4.74 Å². The number of Topliss-reactive ketones (excluding diaryl/α,β-unsaturated/α-hetero) is 1. The van der Waals surface area contributed by atoms with E-state index in [1.165, 1.54) is 0 Å². The topological polar surface area (TPSA) is 39.2 Å². The predicted octanol–water partition coefficient (Wildman–Crippen LogP) is 3.28. The lowest BCUT2D eigenvalue weighted by Gasteiger charge is -2.04. The molecule has 0 atom stereocenters. The smallest absolute Gasteiger partial charge is 0.168 e. The van der Waals surface area contributed by atoms with Gasteiger partial charge in [-0.05, 0) is 40.2 Å². The van der Waals surface area contributed by atoms with E-state index >= 15 is 0 Å². The van der Waals surface area contributed by atoms with E-state index in [4.69, 9.17) is 4.74 Å². The summed E-state index contributed by atoms with van der Waals surface area (Å²) in [6, 6.07) is 10.9. The average Bonchev–Trinajstić information content (AvgIpc) is 2.41. The fourth-order valence-corrected chi connectivity index (χ4v) is 1.81. The standard InChI is InChI=1S/C14H12BrNO2/c1-18-13-4-2-3-10(7-13)14(17)8-12-6-5-11(15)9-16-12/h2-7,9H,8H2,1H3. The van der Waals surface area contributed by atoms with Crippen LogP contribution in [0, 0.1) is 0 Å². The first-order valence-electron chi connectivity index (χ1n) is 5.47. The Kier molecular flexibility index (Phi) is 4.10. The normalized spacial score (nSPS) is 10.1. The molecule has 0 N–H and O–H groups in total. The van der Waals surface area contributed by atoms with Gasteiger partial charge in [-0.1, -0.05) is 12.1 Å². The molecule has 1 heterocycles. The van der Waals surface area contributed by atoms with Gasteiger partial charge in [-0.25, -0.2) is 0 Å². The summed E-state index contributed by atoms with van der Waals surface area (Å²) in [4.78, 5) is 16.2. The van der Waals surface area contributed by atoms with Crippen LogP contribution < -0.4 is 4.74 Å². The molecule has 0 aliphatic carbocycles. The van der Waals surface area contributed by atoms with Gasteiger partial charge in [0.15, 0.2) is 5.78 Å². The number of ketones is 1. The molecule has 1 aromatic heterocycles. The maximum Gasteiger partial charge on any atom is 0.168 e. The third-order valence-electron chi connectivity index (χ3n) is 2.52. The van der Waals surface area contributed by atoms with Crippen molar-refractivity contribution in [3.8, 4) is 5.75 Å². The minimum Gasteiger partial charge on any atom is -0.497 e. The molecule has 3 nitrogen and oxygen atoms in total. The van der Waals surface area contributed by atoms with Crippen molar-refractivity contribution < 1.29 is 9.53 Å². The molecule has 18 heavy (non-hydrogen) atoms. The van der Waals surface area contributed by atoms with Crippen LogP contribution in [0.25, 0.3) is 0 Å². The molecule has 0 fully saturated rings. The second kappa shape index (κ2) is 5.78. The van der Waals surface area contributed by atoms with E-state index < -0.39 is 0 Å². The van der Waals surface area contributed by atoms with Gasteiger partial charge in [0.2, 0.25) is 0 Å². The van der Waals surface area contributed by atoms with Crippen LogP contribution in [0.2, 0.25) is 0 Å². The van der Waals surface area contributed by atoms with E-state index in [1.807, 2.05) is 18.2 Å².